The van der Waals surface area contributed by atoms with Crippen LogP contribution in [0.1, 0.15) is 32.6 Å². The number of carbonyl (C=O) groups is 4. The molecule has 4 amide bonds. The number of aliphatic carboxylic acids is 1. The van der Waals surface area contributed by atoms with Crippen LogP contribution >= 0.6 is 0 Å². The van der Waals surface area contributed by atoms with Crippen LogP contribution in [0.3, 0.4) is 0 Å². The number of rotatable bonds is 9. The van der Waals surface area contributed by atoms with Gasteiger partial charge in [0.05, 0.1) is 6.54 Å². The molecule has 0 radical (unpaired) electrons. The van der Waals surface area contributed by atoms with Crippen LogP contribution in [-0.2, 0) is 14.4 Å². The Kier molecular flexibility index (Phi) is 6.35. The minimum absolute atomic E-state index is 0.0220. The smallest absolute Gasteiger partial charge is 0.326 e. The van der Waals surface area contributed by atoms with E-state index in [9.17, 15) is 19.2 Å². The van der Waals surface area contributed by atoms with Crippen molar-refractivity contribution >= 4 is 23.8 Å². The molecule has 1 saturated carbocycles. The molecule has 2 N–H and O–H groups in total. The highest BCUT2D eigenvalue weighted by Crippen LogP contribution is 2.25. The quantitative estimate of drug-likeness (QED) is 0.551. The maximum absolute atomic E-state index is 12.0. The van der Waals surface area contributed by atoms with Crippen molar-refractivity contribution < 1.29 is 24.3 Å². The molecule has 1 aliphatic carbocycles. The van der Waals surface area contributed by atoms with Gasteiger partial charge in [-0.25, -0.2) is 4.79 Å². The molecular weight excluding hydrogens is 328 g/mol. The molecule has 1 aliphatic heterocycles. The van der Waals surface area contributed by atoms with Gasteiger partial charge in [0, 0.05) is 32.1 Å². The fraction of sp³-hybridized carbons (Fsp3) is 0.750. The van der Waals surface area contributed by atoms with Gasteiger partial charge in [-0.15, -0.1) is 0 Å². The second-order valence-electron chi connectivity index (χ2n) is 6.63. The lowest BCUT2D eigenvalue weighted by molar-refractivity contribution is -0.139. The van der Waals surface area contributed by atoms with Gasteiger partial charge in [0.2, 0.25) is 11.8 Å². The number of hydrogen-bond donors (Lipinski definition) is 2. The van der Waals surface area contributed by atoms with Crippen molar-refractivity contribution in [2.45, 2.75) is 44.7 Å². The Bertz CT molecular complexity index is 547. The van der Waals surface area contributed by atoms with Crippen LogP contribution < -0.4 is 5.32 Å². The topological polar surface area (TPSA) is 110 Å². The van der Waals surface area contributed by atoms with Gasteiger partial charge in [0.15, 0.2) is 0 Å². The number of nitrogens with one attached hydrogen (secondary N) is 1. The summed E-state index contributed by atoms with van der Waals surface area (Å²) < 4.78 is 0. The average Bonchev–Trinajstić information content (AvgIpc) is 2.74. The third kappa shape index (κ3) is 4.91. The third-order valence-corrected chi connectivity index (χ3v) is 4.76. The van der Waals surface area contributed by atoms with Crippen LogP contribution in [0.4, 0.5) is 4.79 Å². The minimum atomic E-state index is -0.842. The lowest BCUT2D eigenvalue weighted by atomic mass is 9.85. The van der Waals surface area contributed by atoms with Crippen LogP contribution in [-0.4, -0.2) is 88.9 Å². The first kappa shape index (κ1) is 19.2. The number of likely N-dealkylation sites (N-methyl/N-ethyl adjacent to an activating group) is 2. The molecule has 0 atom stereocenters. The lowest BCUT2D eigenvalue weighted by Gasteiger charge is -2.42. The molecule has 9 heteroatoms. The summed E-state index contributed by atoms with van der Waals surface area (Å²) in [5.41, 5.74) is 0. The number of urea groups is 1. The van der Waals surface area contributed by atoms with Gasteiger partial charge in [-0.2, -0.15) is 0 Å². The molecule has 1 saturated heterocycles. The van der Waals surface area contributed by atoms with E-state index < -0.39 is 5.97 Å². The Balaban J connectivity index is 1.63. The zero-order valence-corrected chi connectivity index (χ0v) is 14.7. The van der Waals surface area contributed by atoms with E-state index in [1.54, 1.807) is 7.05 Å². The highest BCUT2D eigenvalue weighted by molar-refractivity contribution is 6.01. The molecule has 25 heavy (non-hydrogen) atoms. The maximum atomic E-state index is 12.0. The molecule has 9 nitrogen and oxygen atoms in total. The predicted molar refractivity (Wildman–Crippen MR) is 88.8 cm³/mol. The Morgan fingerprint density at radius 1 is 1.32 bits per heavy atom. The second-order valence-corrected chi connectivity index (χ2v) is 6.63. The van der Waals surface area contributed by atoms with Crippen molar-refractivity contribution in [3.05, 3.63) is 0 Å². The SMILES string of the molecule is CCN(CC(=O)O)C1CC(NC(=O)CCCN2C(=O)CN(C)C2=O)C1. The first-order valence-corrected chi connectivity index (χ1v) is 8.62. The summed E-state index contributed by atoms with van der Waals surface area (Å²) in [7, 11) is 1.57. The minimum Gasteiger partial charge on any atom is -0.480 e. The van der Waals surface area contributed by atoms with Crippen LogP contribution in [0.25, 0.3) is 0 Å². The fourth-order valence-electron chi connectivity index (χ4n) is 3.26. The van der Waals surface area contributed by atoms with Crippen LogP contribution in [0.5, 0.6) is 0 Å². The molecule has 0 aromatic rings. The van der Waals surface area contributed by atoms with Gasteiger partial charge in [-0.3, -0.25) is 24.2 Å². The molecular formula is C16H26N4O5. The predicted octanol–water partition coefficient (Wildman–Crippen LogP) is -0.286. The van der Waals surface area contributed by atoms with Gasteiger partial charge in [0.1, 0.15) is 6.54 Å². The summed E-state index contributed by atoms with van der Waals surface area (Å²) in [5.74, 6) is -1.17. The van der Waals surface area contributed by atoms with E-state index in [1.807, 2.05) is 11.8 Å². The van der Waals surface area contributed by atoms with E-state index in [0.717, 1.165) is 12.8 Å². The molecule has 0 spiro atoms. The highest BCUT2D eigenvalue weighted by Gasteiger charge is 2.35. The van der Waals surface area contributed by atoms with Crippen molar-refractivity contribution in [3.8, 4) is 0 Å². The fourth-order valence-corrected chi connectivity index (χ4v) is 3.26. The second kappa shape index (κ2) is 8.28. The highest BCUT2D eigenvalue weighted by atomic mass is 16.4. The van der Waals surface area contributed by atoms with Crippen molar-refractivity contribution in [3.63, 3.8) is 0 Å². The van der Waals surface area contributed by atoms with Gasteiger partial charge < -0.3 is 15.3 Å². The Hall–Kier alpha value is -2.16. The number of imide groups is 1. The number of carboxylic acids is 1. The first-order chi connectivity index (χ1) is 11.8. The molecule has 0 unspecified atom stereocenters. The number of hydrogen-bond acceptors (Lipinski definition) is 5. The Morgan fingerprint density at radius 2 is 2.00 bits per heavy atom. The van der Waals surface area contributed by atoms with Gasteiger partial charge in [-0.05, 0) is 25.8 Å². The normalized spacial score (nSPS) is 23.2. The number of carbonyl (C=O) groups excluding carboxylic acids is 3. The first-order valence-electron chi connectivity index (χ1n) is 8.62. The van der Waals surface area contributed by atoms with E-state index in [1.165, 1.54) is 9.80 Å². The molecule has 1 heterocycles. The van der Waals surface area contributed by atoms with E-state index >= 15 is 0 Å². The molecule has 0 aromatic carbocycles. The number of carboxylic acid groups (broad SMARTS) is 1. The summed E-state index contributed by atoms with van der Waals surface area (Å²) in [6.45, 7) is 2.97. The van der Waals surface area contributed by atoms with E-state index in [4.69, 9.17) is 5.11 Å². The van der Waals surface area contributed by atoms with Crippen molar-refractivity contribution in [1.29, 1.82) is 0 Å². The molecule has 0 bridgehead atoms. The molecule has 2 aliphatic rings. The van der Waals surface area contributed by atoms with E-state index in [0.29, 0.717) is 13.0 Å². The summed E-state index contributed by atoms with van der Waals surface area (Å²) >= 11 is 0. The van der Waals surface area contributed by atoms with Gasteiger partial charge in [-0.1, -0.05) is 6.92 Å². The monoisotopic (exact) mass is 354 g/mol. The maximum Gasteiger partial charge on any atom is 0.326 e. The van der Waals surface area contributed by atoms with Crippen LogP contribution in [0.15, 0.2) is 0 Å². The Labute approximate surface area is 146 Å². The number of amides is 4. The average molecular weight is 354 g/mol. The van der Waals surface area contributed by atoms with E-state index in [-0.39, 0.29) is 56.0 Å². The zero-order chi connectivity index (χ0) is 18.6. The molecule has 140 valence electrons. The zero-order valence-electron chi connectivity index (χ0n) is 14.7. The van der Waals surface area contributed by atoms with Crippen molar-refractivity contribution in [1.82, 2.24) is 20.0 Å². The van der Waals surface area contributed by atoms with Crippen LogP contribution in [0.2, 0.25) is 0 Å². The molecule has 0 aromatic heterocycles. The largest absolute Gasteiger partial charge is 0.480 e. The van der Waals surface area contributed by atoms with Gasteiger partial charge >= 0.3 is 12.0 Å². The van der Waals surface area contributed by atoms with Gasteiger partial charge in [0.25, 0.3) is 0 Å². The number of nitrogens with zero attached hydrogens (tertiary/aromatic N) is 3. The third-order valence-electron chi connectivity index (χ3n) is 4.76. The standard InChI is InChI=1S/C16H26N4O5/c1-3-19(10-15(23)24)12-7-11(8-12)17-13(21)5-4-6-20-14(22)9-18(2)16(20)25/h11-12H,3-10H2,1-2H3,(H,17,21)(H,23,24). The van der Waals surface area contributed by atoms with Crippen molar-refractivity contribution in [2.24, 2.45) is 0 Å². The summed E-state index contributed by atoms with van der Waals surface area (Å²) in [4.78, 5) is 50.5. The summed E-state index contributed by atoms with van der Waals surface area (Å²) in [6, 6.07) is -0.0476. The lowest BCUT2D eigenvalue weighted by Crippen LogP contribution is -2.54. The molecule has 2 fully saturated rings. The van der Waals surface area contributed by atoms with Crippen molar-refractivity contribution in [2.75, 3.05) is 33.2 Å². The Morgan fingerprint density at radius 3 is 2.52 bits per heavy atom. The summed E-state index contributed by atoms with van der Waals surface area (Å²) in [6.07, 6.45) is 2.20. The van der Waals surface area contributed by atoms with Crippen LogP contribution in [0, 0.1) is 0 Å². The molecule has 2 rings (SSSR count). The van der Waals surface area contributed by atoms with E-state index in [2.05, 4.69) is 5.32 Å². The summed E-state index contributed by atoms with van der Waals surface area (Å²) in [5, 5.41) is 11.8.